The molecular weight excluding hydrogens is 178 g/mol. The maximum Gasteiger partial charge on any atom is 0.130 e. The first kappa shape index (κ1) is 10.9. The van der Waals surface area contributed by atoms with Crippen LogP contribution < -0.4 is 9.47 Å². The molecule has 0 heterocycles. The van der Waals surface area contributed by atoms with Crippen molar-refractivity contribution in [2.45, 2.75) is 6.54 Å². The van der Waals surface area contributed by atoms with Gasteiger partial charge in [-0.05, 0) is 25.7 Å². The van der Waals surface area contributed by atoms with Crippen molar-refractivity contribution in [3.05, 3.63) is 23.8 Å². The minimum absolute atomic E-state index is 0.709. The molecule has 1 aromatic carbocycles. The van der Waals surface area contributed by atoms with Crippen LogP contribution in [0.4, 0.5) is 0 Å². The van der Waals surface area contributed by atoms with Crippen LogP contribution in [0.2, 0.25) is 0 Å². The van der Waals surface area contributed by atoms with E-state index in [9.17, 15) is 0 Å². The molecule has 1 radical (unpaired) electrons. The van der Waals surface area contributed by atoms with E-state index < -0.39 is 0 Å². The smallest absolute Gasteiger partial charge is 0.130 e. The molecule has 3 heteroatoms. The highest BCUT2D eigenvalue weighted by Crippen LogP contribution is 2.22. The molecule has 0 unspecified atom stereocenters. The van der Waals surface area contributed by atoms with Gasteiger partial charge in [0.15, 0.2) is 0 Å². The zero-order valence-corrected chi connectivity index (χ0v) is 9.13. The molecule has 0 spiro atoms. The summed E-state index contributed by atoms with van der Waals surface area (Å²) in [6.45, 7) is 0.827. The van der Waals surface area contributed by atoms with Crippen molar-refractivity contribution < 1.29 is 9.47 Å². The van der Waals surface area contributed by atoms with Gasteiger partial charge in [0.25, 0.3) is 0 Å². The van der Waals surface area contributed by atoms with Gasteiger partial charge in [-0.25, -0.2) is 0 Å². The van der Waals surface area contributed by atoms with Crippen LogP contribution >= 0.6 is 0 Å². The molecule has 3 nitrogen and oxygen atoms in total. The Bertz CT molecular complexity index is 275. The van der Waals surface area contributed by atoms with Gasteiger partial charge >= 0.3 is 0 Å². The Morgan fingerprint density at radius 1 is 1.21 bits per heavy atom. The van der Waals surface area contributed by atoms with Crippen LogP contribution in [0.1, 0.15) is 5.56 Å². The molecule has 14 heavy (non-hydrogen) atoms. The Kier molecular flexibility index (Phi) is 3.77. The summed E-state index contributed by atoms with van der Waals surface area (Å²) in [7, 11) is 7.30. The first-order valence-corrected chi connectivity index (χ1v) is 4.44. The molecule has 0 amide bonds. The van der Waals surface area contributed by atoms with Gasteiger partial charge in [-0.2, -0.15) is 0 Å². The highest BCUT2D eigenvalue weighted by molar-refractivity contribution is 5.37. The third kappa shape index (κ3) is 2.92. The van der Waals surface area contributed by atoms with Crippen molar-refractivity contribution in [3.8, 4) is 11.5 Å². The van der Waals surface area contributed by atoms with Gasteiger partial charge in [0, 0.05) is 18.7 Å². The average Bonchev–Trinajstić information content (AvgIpc) is 2.16. The van der Waals surface area contributed by atoms with Crippen molar-refractivity contribution >= 4 is 0 Å². The highest BCUT2D eigenvalue weighted by atomic mass is 16.5. The predicted molar refractivity (Wildman–Crippen MR) is 55.8 cm³/mol. The molecule has 0 aliphatic heterocycles. The fourth-order valence-electron chi connectivity index (χ4n) is 1.23. The Morgan fingerprint density at radius 2 is 1.93 bits per heavy atom. The van der Waals surface area contributed by atoms with Crippen LogP contribution in [0.5, 0.6) is 11.5 Å². The van der Waals surface area contributed by atoms with E-state index in [-0.39, 0.29) is 0 Å². The SMILES string of the molecule is COc1[c]c(CN(C)C)cc(OC)c1. The summed E-state index contributed by atoms with van der Waals surface area (Å²) in [5.74, 6) is 1.51. The van der Waals surface area contributed by atoms with E-state index in [0.29, 0.717) is 5.75 Å². The molecule has 0 aromatic heterocycles. The number of nitrogens with zero attached hydrogens (tertiary/aromatic N) is 1. The fraction of sp³-hybridized carbons (Fsp3) is 0.455. The molecule has 0 fully saturated rings. The second kappa shape index (κ2) is 4.86. The van der Waals surface area contributed by atoms with Gasteiger partial charge in [-0.1, -0.05) is 0 Å². The molecule has 1 rings (SSSR count). The molecule has 0 bridgehead atoms. The quantitative estimate of drug-likeness (QED) is 0.726. The van der Waals surface area contributed by atoms with Gasteiger partial charge in [-0.3, -0.25) is 0 Å². The summed E-state index contributed by atoms with van der Waals surface area (Å²) in [6, 6.07) is 6.94. The molecular formula is C11H16NO2. The molecule has 0 atom stereocenters. The topological polar surface area (TPSA) is 21.7 Å². The van der Waals surface area contributed by atoms with Crippen LogP contribution in [0.15, 0.2) is 12.1 Å². The van der Waals surface area contributed by atoms with Gasteiger partial charge in [-0.15, -0.1) is 0 Å². The van der Waals surface area contributed by atoms with Gasteiger partial charge in [0.2, 0.25) is 0 Å². The molecule has 0 N–H and O–H groups in total. The normalized spacial score (nSPS) is 10.4. The molecule has 0 saturated heterocycles. The van der Waals surface area contributed by atoms with E-state index in [1.165, 1.54) is 0 Å². The second-order valence-corrected chi connectivity index (χ2v) is 3.35. The van der Waals surface area contributed by atoms with Crippen molar-refractivity contribution in [3.63, 3.8) is 0 Å². The number of ether oxygens (including phenoxy) is 2. The van der Waals surface area contributed by atoms with Gasteiger partial charge in [0.1, 0.15) is 11.5 Å². The Labute approximate surface area is 85.2 Å². The first-order chi connectivity index (χ1) is 6.65. The predicted octanol–water partition coefficient (Wildman–Crippen LogP) is 1.57. The Balaban J connectivity index is 2.92. The van der Waals surface area contributed by atoms with Crippen LogP contribution in [0.25, 0.3) is 0 Å². The minimum Gasteiger partial charge on any atom is -0.497 e. The summed E-state index contributed by atoms with van der Waals surface area (Å²) in [5.41, 5.74) is 1.06. The number of hydrogen-bond acceptors (Lipinski definition) is 3. The third-order valence-electron chi connectivity index (χ3n) is 1.82. The van der Waals surface area contributed by atoms with E-state index in [1.54, 1.807) is 14.2 Å². The van der Waals surface area contributed by atoms with Crippen molar-refractivity contribution in [2.24, 2.45) is 0 Å². The van der Waals surface area contributed by atoms with Crippen molar-refractivity contribution in [1.82, 2.24) is 4.90 Å². The number of rotatable bonds is 4. The summed E-state index contributed by atoms with van der Waals surface area (Å²) in [4.78, 5) is 2.07. The van der Waals surface area contributed by atoms with E-state index >= 15 is 0 Å². The summed E-state index contributed by atoms with van der Waals surface area (Å²) in [6.07, 6.45) is 0. The maximum absolute atomic E-state index is 5.16. The van der Waals surface area contributed by atoms with Gasteiger partial charge in [0.05, 0.1) is 14.2 Å². The zero-order valence-electron chi connectivity index (χ0n) is 9.13. The zero-order chi connectivity index (χ0) is 10.6. The number of hydrogen-bond donors (Lipinski definition) is 0. The van der Waals surface area contributed by atoms with E-state index in [4.69, 9.17) is 9.47 Å². The monoisotopic (exact) mass is 194 g/mol. The average molecular weight is 194 g/mol. The minimum atomic E-state index is 0.709. The molecule has 0 aliphatic rings. The Hall–Kier alpha value is -1.22. The van der Waals surface area contributed by atoms with Crippen LogP contribution in [0.3, 0.4) is 0 Å². The van der Waals surface area contributed by atoms with Crippen molar-refractivity contribution in [1.29, 1.82) is 0 Å². The van der Waals surface area contributed by atoms with E-state index in [2.05, 4.69) is 11.0 Å². The molecule has 77 valence electrons. The molecule has 0 saturated carbocycles. The molecule has 1 aromatic rings. The van der Waals surface area contributed by atoms with Crippen LogP contribution in [-0.2, 0) is 6.54 Å². The fourth-order valence-corrected chi connectivity index (χ4v) is 1.23. The van der Waals surface area contributed by atoms with Crippen LogP contribution in [0, 0.1) is 6.07 Å². The lowest BCUT2D eigenvalue weighted by molar-refractivity contribution is 0.381. The number of methoxy groups -OCH3 is 2. The number of benzene rings is 1. The van der Waals surface area contributed by atoms with E-state index in [0.717, 1.165) is 17.9 Å². The lowest BCUT2D eigenvalue weighted by atomic mass is 10.2. The largest absolute Gasteiger partial charge is 0.497 e. The lowest BCUT2D eigenvalue weighted by Gasteiger charge is -2.11. The summed E-state index contributed by atoms with van der Waals surface area (Å²) < 4.78 is 10.3. The lowest BCUT2D eigenvalue weighted by Crippen LogP contribution is -2.10. The Morgan fingerprint density at radius 3 is 2.43 bits per heavy atom. The van der Waals surface area contributed by atoms with Gasteiger partial charge < -0.3 is 14.4 Å². The second-order valence-electron chi connectivity index (χ2n) is 3.35. The maximum atomic E-state index is 5.16. The highest BCUT2D eigenvalue weighted by Gasteiger charge is 2.03. The molecule has 0 aliphatic carbocycles. The first-order valence-electron chi connectivity index (χ1n) is 4.44. The standard InChI is InChI=1S/C11H16NO2/c1-12(2)8-9-5-10(13-3)7-11(6-9)14-4/h5,7H,8H2,1-4H3. The third-order valence-corrected chi connectivity index (χ3v) is 1.82. The van der Waals surface area contributed by atoms with Crippen molar-refractivity contribution in [2.75, 3.05) is 28.3 Å². The van der Waals surface area contributed by atoms with Crippen LogP contribution in [-0.4, -0.2) is 33.2 Å². The summed E-state index contributed by atoms with van der Waals surface area (Å²) in [5, 5.41) is 0. The summed E-state index contributed by atoms with van der Waals surface area (Å²) >= 11 is 0. The van der Waals surface area contributed by atoms with E-state index in [1.807, 2.05) is 26.2 Å².